The van der Waals surface area contributed by atoms with Crippen molar-refractivity contribution < 1.29 is 77.0 Å². The van der Waals surface area contributed by atoms with E-state index in [1.54, 1.807) is 0 Å². The molecule has 200 valence electrons. The van der Waals surface area contributed by atoms with Gasteiger partial charge >= 0.3 is 31.3 Å². The van der Waals surface area contributed by atoms with E-state index in [-0.39, 0.29) is 0 Å². The molecular weight excluding hydrogens is 532 g/mol. The van der Waals surface area contributed by atoms with Gasteiger partial charge in [0.15, 0.2) is 0 Å². The first-order chi connectivity index (χ1) is 14.0. The third-order valence-corrected chi connectivity index (χ3v) is 2.09. The van der Waals surface area contributed by atoms with Crippen molar-refractivity contribution in [3.8, 4) is 0 Å². The molecule has 0 spiro atoms. The molecule has 0 aromatic rings. The van der Waals surface area contributed by atoms with Gasteiger partial charge in [-0.15, -0.1) is 0 Å². The molecule has 0 aromatic carbocycles. The molecule has 24 heteroatoms. The lowest BCUT2D eigenvalue weighted by atomic mass is 10.1. The molecule has 0 saturated carbocycles. The third kappa shape index (κ3) is 172. The summed E-state index contributed by atoms with van der Waals surface area (Å²) in [6, 6.07) is 0. The summed E-state index contributed by atoms with van der Waals surface area (Å²) in [6.45, 7) is 2.07. The van der Waals surface area contributed by atoms with Crippen LogP contribution in [0, 0.1) is 0 Å². The molecule has 1 rings (SSSR count). The summed E-state index contributed by atoms with van der Waals surface area (Å²) in [7, 11) is -18.6. The molecular formula is C8H32N4O16P4. The van der Waals surface area contributed by atoms with E-state index in [1.807, 2.05) is 0 Å². The molecule has 0 aromatic heterocycles. The number of rotatable bonds is 0. The molecule has 0 amide bonds. The van der Waals surface area contributed by atoms with Crippen LogP contribution >= 0.6 is 31.3 Å². The number of nitrogens with one attached hydrogen (secondary N) is 4. The molecule has 0 radical (unpaired) electrons. The third-order valence-electron chi connectivity index (χ3n) is 2.09. The van der Waals surface area contributed by atoms with Gasteiger partial charge in [0, 0.05) is 13.1 Å². The van der Waals surface area contributed by atoms with Gasteiger partial charge in [-0.1, -0.05) is 25.7 Å². The summed E-state index contributed by atoms with van der Waals surface area (Å²) in [4.78, 5) is 86.2. The van der Waals surface area contributed by atoms with Crippen LogP contribution < -0.4 is 21.9 Å². The number of phosphoric acid groups is 4. The maximum atomic E-state index is 8.88. The van der Waals surface area contributed by atoms with Crippen LogP contribution in [0.5, 0.6) is 0 Å². The fraction of sp³-hybridized carbons (Fsp3) is 1.00. The molecule has 20 nitrogen and oxygen atoms in total. The van der Waals surface area contributed by atoms with E-state index in [9.17, 15) is 0 Å². The summed E-state index contributed by atoms with van der Waals surface area (Å²) in [5.74, 6) is 0. The van der Waals surface area contributed by atoms with E-state index in [0.717, 1.165) is 13.1 Å². The van der Waals surface area contributed by atoms with E-state index in [2.05, 4.69) is 21.9 Å². The zero-order valence-corrected chi connectivity index (χ0v) is 20.0. The fourth-order valence-electron chi connectivity index (χ4n) is 1.35. The van der Waals surface area contributed by atoms with Crippen LogP contribution in [0.1, 0.15) is 38.5 Å². The van der Waals surface area contributed by atoms with Gasteiger partial charge in [0.1, 0.15) is 0 Å². The van der Waals surface area contributed by atoms with Gasteiger partial charge in [0.2, 0.25) is 0 Å². The van der Waals surface area contributed by atoms with Crippen LogP contribution in [0.25, 0.3) is 0 Å². The molecule has 32 heavy (non-hydrogen) atoms. The predicted octanol–water partition coefficient (Wildman–Crippen LogP) is -3.27. The fourth-order valence-corrected chi connectivity index (χ4v) is 1.35. The Morgan fingerprint density at radius 3 is 0.719 bits per heavy atom. The topological polar surface area (TPSA) is 359 Å². The maximum Gasteiger partial charge on any atom is 0.466 e. The summed E-state index contributed by atoms with van der Waals surface area (Å²) >= 11 is 0. The van der Waals surface area contributed by atoms with Gasteiger partial charge in [-0.2, -0.15) is 11.1 Å². The van der Waals surface area contributed by atoms with E-state index >= 15 is 0 Å². The van der Waals surface area contributed by atoms with Gasteiger partial charge in [-0.05, 0) is 12.8 Å². The number of hydrogen-bond acceptors (Lipinski definition) is 8. The minimum Gasteiger partial charge on any atom is -0.303 e. The highest BCUT2D eigenvalue weighted by Gasteiger charge is 2.01. The lowest BCUT2D eigenvalue weighted by Crippen LogP contribution is -2.51. The Hall–Kier alpha value is 0.280. The van der Waals surface area contributed by atoms with Crippen molar-refractivity contribution in [1.29, 1.82) is 0 Å². The van der Waals surface area contributed by atoms with E-state index in [1.165, 1.54) is 38.5 Å². The Morgan fingerprint density at radius 1 is 0.375 bits per heavy atom. The second kappa shape index (κ2) is 21.8. The van der Waals surface area contributed by atoms with Crippen molar-refractivity contribution in [3.63, 3.8) is 0 Å². The van der Waals surface area contributed by atoms with E-state index in [0.29, 0.717) is 0 Å². The molecule has 1 fully saturated rings. The van der Waals surface area contributed by atoms with Crippen molar-refractivity contribution in [1.82, 2.24) is 21.9 Å². The summed E-state index contributed by atoms with van der Waals surface area (Å²) in [5, 5.41) is 0. The molecule has 16 N–H and O–H groups in total. The lowest BCUT2D eigenvalue weighted by molar-refractivity contribution is 0.272. The van der Waals surface area contributed by atoms with E-state index in [4.69, 9.17) is 77.0 Å². The monoisotopic (exact) mass is 564 g/mol. The predicted molar refractivity (Wildman–Crippen MR) is 107 cm³/mol. The van der Waals surface area contributed by atoms with Gasteiger partial charge in [-0.25, -0.2) is 29.1 Å². The second-order valence-corrected chi connectivity index (χ2v) is 9.38. The Bertz CT molecular complexity index is 445. The molecule has 1 saturated heterocycles. The minimum absolute atomic E-state index is 1.04. The highest BCUT2D eigenvalue weighted by Crippen LogP contribution is 2.27. The Kier molecular flexibility index (Phi) is 26.9. The van der Waals surface area contributed by atoms with Crippen LogP contribution in [0.4, 0.5) is 0 Å². The largest absolute Gasteiger partial charge is 0.466 e. The number of hydrogen-bond donors (Lipinski definition) is 16. The minimum atomic E-state index is -4.64. The summed E-state index contributed by atoms with van der Waals surface area (Å²) in [6.07, 6.45) is 7.98. The van der Waals surface area contributed by atoms with Crippen LogP contribution in [0.15, 0.2) is 0 Å². The zero-order chi connectivity index (χ0) is 26.5. The van der Waals surface area contributed by atoms with Crippen molar-refractivity contribution >= 4 is 31.3 Å². The Morgan fingerprint density at radius 2 is 0.531 bits per heavy atom. The van der Waals surface area contributed by atoms with Crippen molar-refractivity contribution in [3.05, 3.63) is 0 Å². The maximum absolute atomic E-state index is 8.88. The normalized spacial score (nSPS) is 16.4. The summed E-state index contributed by atoms with van der Waals surface area (Å²) < 4.78 is 35.5. The van der Waals surface area contributed by atoms with Gasteiger partial charge < -0.3 is 58.7 Å². The van der Waals surface area contributed by atoms with Crippen LogP contribution in [0.3, 0.4) is 0 Å². The molecule has 0 aliphatic carbocycles. The van der Waals surface area contributed by atoms with Crippen LogP contribution in [-0.2, 0) is 18.3 Å². The molecule has 1 aliphatic rings. The van der Waals surface area contributed by atoms with Crippen LogP contribution in [-0.4, -0.2) is 71.8 Å². The SMILES string of the molecule is C1CCCCNNNNCCC1.O=P(O)(O)O.O=P(O)(O)O.O=P(O)(O)O.O=P(O)(O)O. The molecule has 1 aliphatic heterocycles. The zero-order valence-electron chi connectivity index (χ0n) is 16.4. The first-order valence-electron chi connectivity index (χ1n) is 8.09. The van der Waals surface area contributed by atoms with Gasteiger partial charge in [0.05, 0.1) is 0 Å². The quantitative estimate of drug-likeness (QED) is 0.128. The van der Waals surface area contributed by atoms with Crippen LogP contribution in [0.2, 0.25) is 0 Å². The Balaban J connectivity index is -0.000000167. The van der Waals surface area contributed by atoms with Gasteiger partial charge in [0.25, 0.3) is 0 Å². The Labute approximate surface area is 182 Å². The molecule has 0 atom stereocenters. The smallest absolute Gasteiger partial charge is 0.303 e. The highest BCUT2D eigenvalue weighted by molar-refractivity contribution is 7.45. The van der Waals surface area contributed by atoms with Gasteiger partial charge in [-0.3, -0.25) is 0 Å². The standard InChI is InChI=1S/C8H20N4.4H3O4P/c1-2-4-6-8-10-12-11-9-7-5-3-1;4*1-5(2,3)4/h9-12H,1-8H2;4*(H3,1,2,3,4). The van der Waals surface area contributed by atoms with Crippen molar-refractivity contribution in [2.24, 2.45) is 0 Å². The van der Waals surface area contributed by atoms with Crippen molar-refractivity contribution in [2.45, 2.75) is 38.5 Å². The lowest BCUT2D eigenvalue weighted by Gasteiger charge is -2.11. The second-order valence-electron chi connectivity index (χ2n) is 5.28. The average molecular weight is 564 g/mol. The first-order valence-corrected chi connectivity index (χ1v) is 14.3. The van der Waals surface area contributed by atoms with E-state index < -0.39 is 31.3 Å². The molecule has 0 unspecified atom stereocenters. The highest BCUT2D eigenvalue weighted by atomic mass is 31.2. The van der Waals surface area contributed by atoms with Crippen molar-refractivity contribution in [2.75, 3.05) is 13.1 Å². The number of hydrazine groups is 3. The molecule has 1 heterocycles. The molecule has 0 bridgehead atoms. The first kappa shape index (κ1) is 39.5. The summed E-state index contributed by atoms with van der Waals surface area (Å²) in [5.41, 5.74) is 11.9. The average Bonchev–Trinajstić information content (AvgIpc) is 2.40.